The highest BCUT2D eigenvalue weighted by Gasteiger charge is 2.33. The van der Waals surface area contributed by atoms with Crippen LogP contribution in [0.2, 0.25) is 0 Å². The van der Waals surface area contributed by atoms with Gasteiger partial charge in [0, 0.05) is 43.8 Å². The number of hydrogen-bond donors (Lipinski definition) is 0. The molecule has 6 heteroatoms. The van der Waals surface area contributed by atoms with E-state index in [0.717, 1.165) is 29.4 Å². The van der Waals surface area contributed by atoms with Crippen LogP contribution in [0.4, 0.5) is 5.69 Å². The zero-order chi connectivity index (χ0) is 19.5. The number of carbonyl (C=O) groups excluding carboxylic acids is 2. The van der Waals surface area contributed by atoms with Gasteiger partial charge in [0.25, 0.3) is 0 Å². The maximum atomic E-state index is 13.4. The zero-order valence-corrected chi connectivity index (χ0v) is 16.9. The molecule has 0 spiro atoms. The van der Waals surface area contributed by atoms with Gasteiger partial charge in [0.1, 0.15) is 0 Å². The third-order valence-corrected chi connectivity index (χ3v) is 6.60. The summed E-state index contributed by atoms with van der Waals surface area (Å²) in [6.45, 7) is 4.85. The molecule has 0 bridgehead atoms. The predicted molar refractivity (Wildman–Crippen MR) is 113 cm³/mol. The van der Waals surface area contributed by atoms with Crippen molar-refractivity contribution in [3.05, 3.63) is 60.2 Å². The Balaban J connectivity index is 1.55. The van der Waals surface area contributed by atoms with Crippen LogP contribution in [0.25, 0.3) is 0 Å². The molecule has 5 nitrogen and oxygen atoms in total. The lowest BCUT2D eigenvalue weighted by Gasteiger charge is -2.39. The normalized spacial score (nSPS) is 20.0. The number of anilines is 1. The van der Waals surface area contributed by atoms with Crippen molar-refractivity contribution < 1.29 is 9.59 Å². The van der Waals surface area contributed by atoms with Crippen molar-refractivity contribution >= 4 is 29.3 Å². The summed E-state index contributed by atoms with van der Waals surface area (Å²) in [4.78, 5) is 32.1. The van der Waals surface area contributed by atoms with Crippen molar-refractivity contribution in [1.82, 2.24) is 9.80 Å². The SMILES string of the molecule is CC(=O)N1CCN(CC(=O)N2c3ccccc3SC[C@@H]2c2ccccc2)CC1. The third-order valence-electron chi connectivity index (χ3n) is 5.46. The Morgan fingerprint density at radius 1 is 0.964 bits per heavy atom. The summed E-state index contributed by atoms with van der Waals surface area (Å²) in [6.07, 6.45) is 0. The number of piperazine rings is 1. The second-order valence-corrected chi connectivity index (χ2v) is 8.31. The van der Waals surface area contributed by atoms with E-state index in [1.807, 2.05) is 58.0 Å². The van der Waals surface area contributed by atoms with Crippen molar-refractivity contribution in [2.75, 3.05) is 43.4 Å². The summed E-state index contributed by atoms with van der Waals surface area (Å²) in [6, 6.07) is 18.5. The van der Waals surface area contributed by atoms with Gasteiger partial charge < -0.3 is 9.80 Å². The molecule has 4 rings (SSSR count). The standard InChI is InChI=1S/C22H25N3O2S/c1-17(26)24-13-11-23(12-14-24)15-22(27)25-19-9-5-6-10-21(19)28-16-20(25)18-7-3-2-4-8-18/h2-10,20H,11-16H2,1H3/t20-/m1/s1. The van der Waals surface area contributed by atoms with Crippen LogP contribution in [0.15, 0.2) is 59.5 Å². The summed E-state index contributed by atoms with van der Waals surface area (Å²) in [5.41, 5.74) is 2.17. The molecule has 0 aromatic heterocycles. The van der Waals surface area contributed by atoms with Gasteiger partial charge in [0.15, 0.2) is 0 Å². The van der Waals surface area contributed by atoms with E-state index in [1.165, 1.54) is 5.56 Å². The summed E-state index contributed by atoms with van der Waals surface area (Å²) in [5, 5.41) is 0. The Morgan fingerprint density at radius 2 is 1.64 bits per heavy atom. The van der Waals surface area contributed by atoms with Gasteiger partial charge in [0.05, 0.1) is 18.3 Å². The van der Waals surface area contributed by atoms with Gasteiger partial charge in [-0.05, 0) is 17.7 Å². The first-order valence-electron chi connectivity index (χ1n) is 9.70. The molecule has 2 aromatic rings. The van der Waals surface area contributed by atoms with Crippen LogP contribution < -0.4 is 4.90 Å². The van der Waals surface area contributed by atoms with Crippen molar-refractivity contribution in [2.24, 2.45) is 0 Å². The Labute approximate surface area is 170 Å². The van der Waals surface area contributed by atoms with Crippen LogP contribution in [-0.2, 0) is 9.59 Å². The van der Waals surface area contributed by atoms with Crippen molar-refractivity contribution in [1.29, 1.82) is 0 Å². The highest BCUT2D eigenvalue weighted by atomic mass is 32.2. The molecule has 146 valence electrons. The second-order valence-electron chi connectivity index (χ2n) is 7.25. The number of rotatable bonds is 3. The average Bonchev–Trinajstić information content (AvgIpc) is 2.74. The van der Waals surface area contributed by atoms with E-state index in [1.54, 1.807) is 6.92 Å². The number of hydrogen-bond acceptors (Lipinski definition) is 4. The zero-order valence-electron chi connectivity index (χ0n) is 16.1. The highest BCUT2D eigenvalue weighted by molar-refractivity contribution is 7.99. The number of benzene rings is 2. The summed E-state index contributed by atoms with van der Waals surface area (Å²) >= 11 is 1.81. The Hall–Kier alpha value is -2.31. The van der Waals surface area contributed by atoms with Gasteiger partial charge in [0.2, 0.25) is 11.8 Å². The molecule has 1 saturated heterocycles. The average molecular weight is 396 g/mol. The number of thioether (sulfide) groups is 1. The van der Waals surface area contributed by atoms with Crippen LogP contribution in [0.1, 0.15) is 18.5 Å². The Kier molecular flexibility index (Phi) is 5.69. The number of para-hydroxylation sites is 1. The van der Waals surface area contributed by atoms with Gasteiger partial charge in [-0.2, -0.15) is 0 Å². The minimum Gasteiger partial charge on any atom is -0.340 e. The summed E-state index contributed by atoms with van der Waals surface area (Å²) in [7, 11) is 0. The first-order valence-corrected chi connectivity index (χ1v) is 10.7. The molecule has 1 fully saturated rings. The Bertz CT molecular complexity index is 850. The number of nitrogens with zero attached hydrogens (tertiary/aromatic N) is 3. The van der Waals surface area contributed by atoms with Gasteiger partial charge in [-0.3, -0.25) is 14.5 Å². The summed E-state index contributed by atoms with van der Waals surface area (Å²) in [5.74, 6) is 1.08. The monoisotopic (exact) mass is 395 g/mol. The topological polar surface area (TPSA) is 43.9 Å². The number of amides is 2. The van der Waals surface area contributed by atoms with E-state index in [2.05, 4.69) is 23.1 Å². The van der Waals surface area contributed by atoms with E-state index in [0.29, 0.717) is 19.6 Å². The lowest BCUT2D eigenvalue weighted by molar-refractivity contribution is -0.130. The maximum Gasteiger partial charge on any atom is 0.241 e. The van der Waals surface area contributed by atoms with Crippen LogP contribution >= 0.6 is 11.8 Å². The second kappa shape index (κ2) is 8.37. The van der Waals surface area contributed by atoms with Crippen LogP contribution in [0.5, 0.6) is 0 Å². The van der Waals surface area contributed by atoms with E-state index in [4.69, 9.17) is 0 Å². The van der Waals surface area contributed by atoms with Gasteiger partial charge >= 0.3 is 0 Å². The van der Waals surface area contributed by atoms with Gasteiger partial charge in [-0.25, -0.2) is 0 Å². The molecular weight excluding hydrogens is 370 g/mol. The quantitative estimate of drug-likeness (QED) is 0.801. The van der Waals surface area contributed by atoms with Crippen molar-refractivity contribution in [3.63, 3.8) is 0 Å². The molecule has 0 saturated carbocycles. The molecule has 1 atom stereocenters. The molecule has 2 amide bonds. The molecular formula is C22H25N3O2S. The van der Waals surface area contributed by atoms with E-state index >= 15 is 0 Å². The minimum absolute atomic E-state index is 0.0344. The predicted octanol–water partition coefficient (Wildman–Crippen LogP) is 3.03. The van der Waals surface area contributed by atoms with Crippen LogP contribution in [0.3, 0.4) is 0 Å². The fraction of sp³-hybridized carbons (Fsp3) is 0.364. The molecule has 0 radical (unpaired) electrons. The maximum absolute atomic E-state index is 13.4. The molecule has 0 N–H and O–H groups in total. The van der Waals surface area contributed by atoms with E-state index in [9.17, 15) is 9.59 Å². The summed E-state index contributed by atoms with van der Waals surface area (Å²) < 4.78 is 0. The molecule has 0 aliphatic carbocycles. The third kappa shape index (κ3) is 3.93. The lowest BCUT2D eigenvalue weighted by Crippen LogP contribution is -2.52. The molecule has 2 aliphatic heterocycles. The van der Waals surface area contributed by atoms with Gasteiger partial charge in [-0.1, -0.05) is 42.5 Å². The van der Waals surface area contributed by atoms with Crippen LogP contribution in [0, 0.1) is 0 Å². The minimum atomic E-state index is 0.0344. The van der Waals surface area contributed by atoms with E-state index < -0.39 is 0 Å². The number of carbonyl (C=O) groups is 2. The fourth-order valence-corrected chi connectivity index (χ4v) is 5.07. The number of fused-ring (bicyclic) bond motifs is 1. The molecule has 2 aliphatic rings. The smallest absolute Gasteiger partial charge is 0.241 e. The molecule has 2 heterocycles. The first kappa shape index (κ1) is 19.0. The van der Waals surface area contributed by atoms with Gasteiger partial charge in [-0.15, -0.1) is 11.8 Å². The lowest BCUT2D eigenvalue weighted by atomic mass is 10.1. The first-order chi connectivity index (χ1) is 13.6. The highest BCUT2D eigenvalue weighted by Crippen LogP contribution is 2.43. The van der Waals surface area contributed by atoms with E-state index in [-0.39, 0.29) is 17.9 Å². The molecule has 2 aromatic carbocycles. The van der Waals surface area contributed by atoms with Crippen molar-refractivity contribution in [3.8, 4) is 0 Å². The largest absolute Gasteiger partial charge is 0.340 e. The van der Waals surface area contributed by atoms with Crippen molar-refractivity contribution in [2.45, 2.75) is 17.9 Å². The Morgan fingerprint density at radius 3 is 2.36 bits per heavy atom. The fourth-order valence-electron chi connectivity index (χ4n) is 3.91. The molecule has 0 unspecified atom stereocenters. The van der Waals surface area contributed by atoms with Crippen LogP contribution in [-0.4, -0.2) is 60.1 Å². The molecule has 28 heavy (non-hydrogen) atoms.